The second-order valence-corrected chi connectivity index (χ2v) is 3.97. The largest absolute Gasteiger partial charge is 0.388 e. The van der Waals surface area contributed by atoms with E-state index < -0.39 is 23.6 Å². The van der Waals surface area contributed by atoms with E-state index in [-0.39, 0.29) is 11.5 Å². The first-order chi connectivity index (χ1) is 7.99. The first kappa shape index (κ1) is 14.0. The van der Waals surface area contributed by atoms with Crippen molar-refractivity contribution in [3.8, 4) is 0 Å². The van der Waals surface area contributed by atoms with E-state index in [9.17, 15) is 18.3 Å². The van der Waals surface area contributed by atoms with Crippen LogP contribution in [-0.4, -0.2) is 18.8 Å². The van der Waals surface area contributed by atoms with Crippen molar-refractivity contribution in [2.24, 2.45) is 5.92 Å². The maximum Gasteiger partial charge on any atom is 0.194 e. The topological polar surface area (TPSA) is 29.5 Å². The molecule has 0 spiro atoms. The highest BCUT2D eigenvalue weighted by Gasteiger charge is 2.23. The summed E-state index contributed by atoms with van der Waals surface area (Å²) in [6.45, 7) is 2.09. The molecule has 2 atom stereocenters. The molecule has 2 unspecified atom stereocenters. The van der Waals surface area contributed by atoms with Crippen LogP contribution in [0.15, 0.2) is 12.1 Å². The zero-order valence-corrected chi connectivity index (χ0v) is 9.71. The second-order valence-electron chi connectivity index (χ2n) is 3.97. The van der Waals surface area contributed by atoms with E-state index in [0.29, 0.717) is 13.0 Å². The summed E-state index contributed by atoms with van der Waals surface area (Å²) in [7, 11) is 1.51. The van der Waals surface area contributed by atoms with E-state index in [0.717, 1.165) is 12.1 Å². The fourth-order valence-corrected chi connectivity index (χ4v) is 1.54. The predicted molar refractivity (Wildman–Crippen MR) is 56.9 cm³/mol. The highest BCUT2D eigenvalue weighted by molar-refractivity contribution is 5.22. The summed E-state index contributed by atoms with van der Waals surface area (Å²) in [5, 5.41) is 9.83. The van der Waals surface area contributed by atoms with Gasteiger partial charge in [0.15, 0.2) is 17.5 Å². The zero-order valence-electron chi connectivity index (χ0n) is 9.71. The Bertz CT molecular complexity index is 382. The first-order valence-electron chi connectivity index (χ1n) is 5.29. The van der Waals surface area contributed by atoms with E-state index in [1.807, 2.05) is 0 Å². The molecule has 0 radical (unpaired) electrons. The summed E-state index contributed by atoms with van der Waals surface area (Å²) in [6, 6.07) is 1.86. The molecule has 0 aliphatic heterocycles. The number of rotatable bonds is 5. The molecule has 0 aromatic heterocycles. The van der Waals surface area contributed by atoms with Crippen LogP contribution < -0.4 is 0 Å². The Labute approximate surface area is 98.0 Å². The molecule has 0 saturated carbocycles. The number of hydrogen-bond acceptors (Lipinski definition) is 2. The number of hydrogen-bond donors (Lipinski definition) is 1. The fourth-order valence-electron chi connectivity index (χ4n) is 1.54. The van der Waals surface area contributed by atoms with Gasteiger partial charge in [-0.05, 0) is 18.4 Å². The summed E-state index contributed by atoms with van der Waals surface area (Å²) < 4.78 is 43.9. The van der Waals surface area contributed by atoms with Gasteiger partial charge in [0, 0.05) is 19.3 Å². The van der Waals surface area contributed by atoms with Crippen molar-refractivity contribution in [3.63, 3.8) is 0 Å². The molecular formula is C12H15F3O2. The Morgan fingerprint density at radius 1 is 1.24 bits per heavy atom. The standard InChI is InChI=1S/C12H15F3O2/c1-7(5-6-17-2)12(16)8-3-4-9(13)11(15)10(8)14/h3-4,7,12,16H,5-6H2,1-2H3. The lowest BCUT2D eigenvalue weighted by atomic mass is 9.94. The van der Waals surface area contributed by atoms with Crippen LogP contribution in [0.1, 0.15) is 25.0 Å². The summed E-state index contributed by atoms with van der Waals surface area (Å²) in [6.07, 6.45) is -0.684. The van der Waals surface area contributed by atoms with Crippen LogP contribution in [0.3, 0.4) is 0 Å². The molecular weight excluding hydrogens is 233 g/mol. The van der Waals surface area contributed by atoms with Crippen LogP contribution in [0.4, 0.5) is 13.2 Å². The van der Waals surface area contributed by atoms with E-state index in [4.69, 9.17) is 4.74 Å². The van der Waals surface area contributed by atoms with E-state index in [1.54, 1.807) is 6.92 Å². The van der Waals surface area contributed by atoms with Crippen LogP contribution in [-0.2, 0) is 4.74 Å². The van der Waals surface area contributed by atoms with Gasteiger partial charge in [-0.3, -0.25) is 0 Å². The lowest BCUT2D eigenvalue weighted by molar-refractivity contribution is 0.0851. The van der Waals surface area contributed by atoms with Gasteiger partial charge in [-0.25, -0.2) is 13.2 Å². The van der Waals surface area contributed by atoms with Crippen molar-refractivity contribution in [1.29, 1.82) is 0 Å². The molecule has 0 heterocycles. The molecule has 96 valence electrons. The molecule has 1 aromatic rings. The Morgan fingerprint density at radius 2 is 1.88 bits per heavy atom. The molecule has 2 nitrogen and oxygen atoms in total. The highest BCUT2D eigenvalue weighted by atomic mass is 19.2. The van der Waals surface area contributed by atoms with E-state index in [1.165, 1.54) is 7.11 Å². The predicted octanol–water partition coefficient (Wildman–Crippen LogP) is 2.81. The number of aliphatic hydroxyl groups excluding tert-OH is 1. The van der Waals surface area contributed by atoms with Crippen molar-refractivity contribution in [1.82, 2.24) is 0 Å². The minimum atomic E-state index is -1.56. The summed E-state index contributed by atoms with van der Waals surface area (Å²) in [5.74, 6) is -4.46. The molecule has 0 saturated heterocycles. The maximum absolute atomic E-state index is 13.4. The Balaban J connectivity index is 2.89. The van der Waals surface area contributed by atoms with Gasteiger partial charge in [0.25, 0.3) is 0 Å². The van der Waals surface area contributed by atoms with Crippen molar-refractivity contribution < 1.29 is 23.0 Å². The Morgan fingerprint density at radius 3 is 2.47 bits per heavy atom. The minimum absolute atomic E-state index is 0.229. The molecule has 0 bridgehead atoms. The third-order valence-corrected chi connectivity index (χ3v) is 2.70. The normalized spacial score (nSPS) is 14.7. The smallest absolute Gasteiger partial charge is 0.194 e. The third kappa shape index (κ3) is 3.20. The van der Waals surface area contributed by atoms with Crippen LogP contribution >= 0.6 is 0 Å². The number of aliphatic hydroxyl groups is 1. The molecule has 1 N–H and O–H groups in total. The van der Waals surface area contributed by atoms with Gasteiger partial charge in [-0.2, -0.15) is 0 Å². The number of ether oxygens (including phenoxy) is 1. The van der Waals surface area contributed by atoms with Crippen LogP contribution in [0.2, 0.25) is 0 Å². The van der Waals surface area contributed by atoms with Crippen LogP contribution in [0, 0.1) is 23.4 Å². The van der Waals surface area contributed by atoms with Crippen molar-refractivity contribution in [2.45, 2.75) is 19.4 Å². The number of benzene rings is 1. The van der Waals surface area contributed by atoms with Crippen molar-refractivity contribution in [2.75, 3.05) is 13.7 Å². The molecule has 0 aliphatic rings. The van der Waals surface area contributed by atoms with Gasteiger partial charge < -0.3 is 9.84 Å². The summed E-state index contributed by atoms with van der Waals surface area (Å²) in [4.78, 5) is 0. The summed E-state index contributed by atoms with van der Waals surface area (Å²) >= 11 is 0. The van der Waals surface area contributed by atoms with Crippen LogP contribution in [0.25, 0.3) is 0 Å². The van der Waals surface area contributed by atoms with Gasteiger partial charge in [0.2, 0.25) is 0 Å². The number of methoxy groups -OCH3 is 1. The third-order valence-electron chi connectivity index (χ3n) is 2.70. The molecule has 0 amide bonds. The van der Waals surface area contributed by atoms with Gasteiger partial charge >= 0.3 is 0 Å². The van der Waals surface area contributed by atoms with Crippen molar-refractivity contribution in [3.05, 3.63) is 35.1 Å². The molecule has 1 rings (SSSR count). The SMILES string of the molecule is COCCC(C)C(O)c1ccc(F)c(F)c1F. The van der Waals surface area contributed by atoms with Gasteiger partial charge in [0.05, 0.1) is 6.10 Å². The first-order valence-corrected chi connectivity index (χ1v) is 5.29. The molecule has 1 aromatic carbocycles. The van der Waals surface area contributed by atoms with Crippen molar-refractivity contribution >= 4 is 0 Å². The monoisotopic (exact) mass is 248 g/mol. The quantitative estimate of drug-likeness (QED) is 0.812. The minimum Gasteiger partial charge on any atom is -0.388 e. The van der Waals surface area contributed by atoms with Gasteiger partial charge in [-0.1, -0.05) is 13.0 Å². The molecule has 5 heteroatoms. The lowest BCUT2D eigenvalue weighted by Gasteiger charge is -2.19. The Kier molecular flexibility index (Phi) is 4.96. The maximum atomic E-state index is 13.4. The molecule has 0 fully saturated rings. The van der Waals surface area contributed by atoms with E-state index >= 15 is 0 Å². The molecule has 17 heavy (non-hydrogen) atoms. The second kappa shape index (κ2) is 6.02. The number of halogens is 3. The van der Waals surface area contributed by atoms with E-state index in [2.05, 4.69) is 0 Å². The van der Waals surface area contributed by atoms with Gasteiger partial charge in [0.1, 0.15) is 0 Å². The lowest BCUT2D eigenvalue weighted by Crippen LogP contribution is -2.14. The zero-order chi connectivity index (χ0) is 13.0. The van der Waals surface area contributed by atoms with Gasteiger partial charge in [-0.15, -0.1) is 0 Å². The average Bonchev–Trinajstić information content (AvgIpc) is 2.32. The highest BCUT2D eigenvalue weighted by Crippen LogP contribution is 2.28. The fraction of sp³-hybridized carbons (Fsp3) is 0.500. The Hall–Kier alpha value is -1.07. The van der Waals surface area contributed by atoms with Crippen LogP contribution in [0.5, 0.6) is 0 Å². The average molecular weight is 248 g/mol. The molecule has 0 aliphatic carbocycles. The summed E-state index contributed by atoms with van der Waals surface area (Å²) in [5.41, 5.74) is -0.229.